The standard InChI is InChI=1S/C14H19N3S/c1-17(2)13-5-3-11(4-6-13)9-12(10-15)14-16-7-8-18-14/h3-8,12H,9-10,15H2,1-2H3. The largest absolute Gasteiger partial charge is 0.378 e. The van der Waals surface area contributed by atoms with Gasteiger partial charge in [0.1, 0.15) is 0 Å². The Morgan fingerprint density at radius 3 is 2.50 bits per heavy atom. The van der Waals surface area contributed by atoms with E-state index in [-0.39, 0.29) is 0 Å². The van der Waals surface area contributed by atoms with Crippen LogP contribution < -0.4 is 10.6 Å². The highest BCUT2D eigenvalue weighted by molar-refractivity contribution is 7.09. The summed E-state index contributed by atoms with van der Waals surface area (Å²) in [5.74, 6) is 0.329. The van der Waals surface area contributed by atoms with E-state index in [0.29, 0.717) is 12.5 Å². The van der Waals surface area contributed by atoms with E-state index < -0.39 is 0 Å². The smallest absolute Gasteiger partial charge is 0.0971 e. The molecule has 0 amide bonds. The van der Waals surface area contributed by atoms with Crippen molar-refractivity contribution in [2.24, 2.45) is 5.73 Å². The molecular weight excluding hydrogens is 242 g/mol. The fraction of sp³-hybridized carbons (Fsp3) is 0.357. The van der Waals surface area contributed by atoms with Crippen molar-refractivity contribution in [3.05, 3.63) is 46.4 Å². The molecule has 0 saturated heterocycles. The normalized spacial score (nSPS) is 12.4. The van der Waals surface area contributed by atoms with Crippen LogP contribution >= 0.6 is 11.3 Å². The number of nitrogens with zero attached hydrogens (tertiary/aromatic N) is 2. The number of nitrogens with two attached hydrogens (primary N) is 1. The minimum Gasteiger partial charge on any atom is -0.378 e. The molecule has 0 saturated carbocycles. The average Bonchev–Trinajstić information content (AvgIpc) is 2.90. The second-order valence-corrected chi connectivity index (χ2v) is 5.49. The number of anilines is 1. The van der Waals surface area contributed by atoms with Crippen molar-refractivity contribution in [3.63, 3.8) is 0 Å². The van der Waals surface area contributed by atoms with Gasteiger partial charge in [-0.15, -0.1) is 11.3 Å². The molecule has 3 nitrogen and oxygen atoms in total. The van der Waals surface area contributed by atoms with Crippen molar-refractivity contribution in [3.8, 4) is 0 Å². The van der Waals surface area contributed by atoms with Crippen molar-refractivity contribution in [2.75, 3.05) is 25.5 Å². The van der Waals surface area contributed by atoms with Crippen LogP contribution in [0.5, 0.6) is 0 Å². The van der Waals surface area contributed by atoms with E-state index in [9.17, 15) is 0 Å². The maximum Gasteiger partial charge on any atom is 0.0971 e. The van der Waals surface area contributed by atoms with Gasteiger partial charge in [0, 0.05) is 43.8 Å². The predicted molar refractivity (Wildman–Crippen MR) is 78.4 cm³/mol. The molecule has 0 aliphatic rings. The van der Waals surface area contributed by atoms with Crippen LogP contribution in [0.2, 0.25) is 0 Å². The first-order valence-corrected chi connectivity index (χ1v) is 6.94. The van der Waals surface area contributed by atoms with Gasteiger partial charge in [0.2, 0.25) is 0 Å². The third kappa shape index (κ3) is 3.09. The van der Waals surface area contributed by atoms with E-state index in [0.717, 1.165) is 11.4 Å². The van der Waals surface area contributed by atoms with Crippen molar-refractivity contribution in [1.82, 2.24) is 4.98 Å². The van der Waals surface area contributed by atoms with Crippen LogP contribution in [0, 0.1) is 0 Å². The van der Waals surface area contributed by atoms with Gasteiger partial charge in [-0.1, -0.05) is 12.1 Å². The van der Waals surface area contributed by atoms with Gasteiger partial charge in [0.05, 0.1) is 5.01 Å². The van der Waals surface area contributed by atoms with Gasteiger partial charge in [-0.05, 0) is 24.1 Å². The van der Waals surface area contributed by atoms with Crippen LogP contribution in [-0.4, -0.2) is 25.6 Å². The van der Waals surface area contributed by atoms with Crippen LogP contribution in [-0.2, 0) is 6.42 Å². The van der Waals surface area contributed by atoms with Gasteiger partial charge in [0.25, 0.3) is 0 Å². The Morgan fingerprint density at radius 2 is 2.00 bits per heavy atom. The van der Waals surface area contributed by atoms with Gasteiger partial charge in [-0.3, -0.25) is 0 Å². The summed E-state index contributed by atoms with van der Waals surface area (Å²) in [5, 5.41) is 3.14. The van der Waals surface area contributed by atoms with Crippen molar-refractivity contribution >= 4 is 17.0 Å². The van der Waals surface area contributed by atoms with Crippen LogP contribution in [0.25, 0.3) is 0 Å². The first kappa shape index (κ1) is 13.1. The number of aromatic nitrogens is 1. The molecule has 1 heterocycles. The fourth-order valence-corrected chi connectivity index (χ4v) is 2.68. The maximum absolute atomic E-state index is 5.85. The lowest BCUT2D eigenvalue weighted by molar-refractivity contribution is 0.689. The highest BCUT2D eigenvalue weighted by Crippen LogP contribution is 2.23. The first-order chi connectivity index (χ1) is 8.70. The molecule has 4 heteroatoms. The van der Waals surface area contributed by atoms with Crippen LogP contribution in [0.4, 0.5) is 5.69 Å². The highest BCUT2D eigenvalue weighted by atomic mass is 32.1. The summed E-state index contributed by atoms with van der Waals surface area (Å²) in [6.45, 7) is 0.642. The van der Waals surface area contributed by atoms with Crippen molar-refractivity contribution in [1.29, 1.82) is 0 Å². The Hall–Kier alpha value is -1.39. The van der Waals surface area contributed by atoms with E-state index in [2.05, 4.69) is 34.1 Å². The molecular formula is C14H19N3S. The minimum absolute atomic E-state index is 0.329. The predicted octanol–water partition coefficient (Wildman–Crippen LogP) is 2.49. The van der Waals surface area contributed by atoms with Crippen LogP contribution in [0.1, 0.15) is 16.5 Å². The topological polar surface area (TPSA) is 42.1 Å². The summed E-state index contributed by atoms with van der Waals surface area (Å²) in [5.41, 5.74) is 8.38. The summed E-state index contributed by atoms with van der Waals surface area (Å²) in [6.07, 6.45) is 2.80. The van der Waals surface area contributed by atoms with Crippen molar-refractivity contribution < 1.29 is 0 Å². The van der Waals surface area contributed by atoms with E-state index in [1.54, 1.807) is 11.3 Å². The SMILES string of the molecule is CN(C)c1ccc(CC(CN)c2nccs2)cc1. The average molecular weight is 261 g/mol. The van der Waals surface area contributed by atoms with E-state index in [4.69, 9.17) is 5.73 Å². The Balaban J connectivity index is 2.08. The fourth-order valence-electron chi connectivity index (χ4n) is 1.92. The molecule has 0 aliphatic carbocycles. The molecule has 2 aromatic rings. The highest BCUT2D eigenvalue weighted by Gasteiger charge is 2.13. The number of rotatable bonds is 5. The number of hydrogen-bond donors (Lipinski definition) is 1. The Labute approximate surface area is 112 Å². The minimum atomic E-state index is 0.329. The summed E-state index contributed by atoms with van der Waals surface area (Å²) < 4.78 is 0. The van der Waals surface area contributed by atoms with Gasteiger partial charge in [0.15, 0.2) is 0 Å². The summed E-state index contributed by atoms with van der Waals surface area (Å²) in [6, 6.07) is 8.63. The molecule has 0 aliphatic heterocycles. The lowest BCUT2D eigenvalue weighted by Crippen LogP contribution is -2.15. The molecule has 2 rings (SSSR count). The molecule has 0 fully saturated rings. The molecule has 0 radical (unpaired) electrons. The third-order valence-corrected chi connectivity index (χ3v) is 3.96. The summed E-state index contributed by atoms with van der Waals surface area (Å²) in [4.78, 5) is 6.46. The molecule has 18 heavy (non-hydrogen) atoms. The monoisotopic (exact) mass is 261 g/mol. The second-order valence-electron chi connectivity index (χ2n) is 4.57. The zero-order valence-corrected chi connectivity index (χ0v) is 11.7. The Kier molecular flexibility index (Phi) is 4.33. The maximum atomic E-state index is 5.85. The molecule has 0 spiro atoms. The van der Waals surface area contributed by atoms with Gasteiger partial charge in [-0.25, -0.2) is 4.98 Å². The van der Waals surface area contributed by atoms with E-state index in [1.807, 2.05) is 25.7 Å². The third-order valence-electron chi connectivity index (χ3n) is 3.02. The zero-order valence-electron chi connectivity index (χ0n) is 10.8. The number of benzene rings is 1. The number of hydrogen-bond acceptors (Lipinski definition) is 4. The molecule has 96 valence electrons. The Morgan fingerprint density at radius 1 is 1.28 bits per heavy atom. The van der Waals surface area contributed by atoms with Crippen molar-refractivity contribution in [2.45, 2.75) is 12.3 Å². The second kappa shape index (κ2) is 5.98. The lowest BCUT2D eigenvalue weighted by atomic mass is 10.00. The molecule has 2 N–H and O–H groups in total. The van der Waals surface area contributed by atoms with E-state index in [1.165, 1.54) is 11.3 Å². The van der Waals surface area contributed by atoms with Crippen LogP contribution in [0.3, 0.4) is 0 Å². The number of thiazole rings is 1. The molecule has 1 aromatic heterocycles. The zero-order chi connectivity index (χ0) is 13.0. The molecule has 1 unspecified atom stereocenters. The summed E-state index contributed by atoms with van der Waals surface area (Å²) >= 11 is 1.68. The summed E-state index contributed by atoms with van der Waals surface area (Å²) in [7, 11) is 4.10. The first-order valence-electron chi connectivity index (χ1n) is 6.06. The molecule has 1 atom stereocenters. The van der Waals surface area contributed by atoms with Crippen LogP contribution in [0.15, 0.2) is 35.8 Å². The Bertz CT molecular complexity index is 462. The van der Waals surface area contributed by atoms with Gasteiger partial charge >= 0.3 is 0 Å². The van der Waals surface area contributed by atoms with E-state index >= 15 is 0 Å². The lowest BCUT2D eigenvalue weighted by Gasteiger charge is -2.15. The quantitative estimate of drug-likeness (QED) is 0.899. The van der Waals surface area contributed by atoms with Gasteiger partial charge in [-0.2, -0.15) is 0 Å². The molecule has 0 bridgehead atoms. The van der Waals surface area contributed by atoms with Gasteiger partial charge < -0.3 is 10.6 Å². The molecule has 1 aromatic carbocycles.